The zero-order valence-electron chi connectivity index (χ0n) is 23.0. The Hall–Kier alpha value is -3.55. The normalized spacial score (nSPS) is 22.9. The van der Waals surface area contributed by atoms with Gasteiger partial charge in [-0.3, -0.25) is 4.98 Å². The van der Waals surface area contributed by atoms with Crippen LogP contribution in [0.4, 0.5) is 11.4 Å². The molecule has 0 unspecified atom stereocenters. The molecular weight excluding hydrogens is 538 g/mol. The third kappa shape index (κ3) is 5.04. The van der Waals surface area contributed by atoms with Crippen molar-refractivity contribution in [2.75, 3.05) is 30.0 Å². The zero-order chi connectivity index (χ0) is 27.8. The van der Waals surface area contributed by atoms with E-state index in [9.17, 15) is 0 Å². The van der Waals surface area contributed by atoms with Gasteiger partial charge in [0.2, 0.25) is 0 Å². The Bertz CT molecular complexity index is 1500. The Kier molecular flexibility index (Phi) is 7.43. The molecule has 40 heavy (non-hydrogen) atoms. The van der Waals surface area contributed by atoms with Gasteiger partial charge in [-0.15, -0.1) is 0 Å². The van der Waals surface area contributed by atoms with Gasteiger partial charge in [0, 0.05) is 48.6 Å². The molecule has 2 fully saturated rings. The van der Waals surface area contributed by atoms with Crippen molar-refractivity contribution in [3.05, 3.63) is 102 Å². The van der Waals surface area contributed by atoms with Gasteiger partial charge >= 0.3 is 0 Å². The fourth-order valence-electron chi connectivity index (χ4n) is 6.33. The maximum atomic E-state index is 7.01. The third-order valence-corrected chi connectivity index (χ3v) is 8.55. The summed E-state index contributed by atoms with van der Waals surface area (Å²) in [6, 6.07) is 24.3. The molecule has 2 aromatic carbocycles. The van der Waals surface area contributed by atoms with Crippen LogP contribution in [0.1, 0.15) is 43.7 Å². The molecule has 0 saturated carbocycles. The van der Waals surface area contributed by atoms with Crippen molar-refractivity contribution in [1.82, 2.24) is 14.9 Å². The second-order valence-corrected chi connectivity index (χ2v) is 11.8. The van der Waals surface area contributed by atoms with Crippen LogP contribution < -0.4 is 19.9 Å². The standard InChI is InChI=1S/C32H34ClN5OS/c1-21-16-22(2)20-36(19-21)28-13-12-24(18-26(28)33)38-31(30(35-32(38)40)27-10-4-5-14-34-27)29-11-7-15-37(29)23-8-6-9-25(17-23)39-3/h4-15,17-18,21-22,30-31H,16,19-20H2,1-3H3,(H,35,40)/t21-,22+,30-,31-/m1/s1. The first kappa shape index (κ1) is 26.7. The van der Waals surface area contributed by atoms with E-state index in [1.165, 1.54) is 6.42 Å². The first-order valence-corrected chi connectivity index (χ1v) is 14.6. The lowest BCUT2D eigenvalue weighted by Gasteiger charge is -2.37. The van der Waals surface area contributed by atoms with Crippen LogP contribution in [0.25, 0.3) is 5.69 Å². The van der Waals surface area contributed by atoms with Gasteiger partial charge in [-0.2, -0.15) is 0 Å². The van der Waals surface area contributed by atoms with E-state index in [0.717, 1.165) is 52.3 Å². The smallest absolute Gasteiger partial charge is 0.174 e. The summed E-state index contributed by atoms with van der Waals surface area (Å²) in [5, 5.41) is 4.95. The largest absolute Gasteiger partial charge is 0.497 e. The summed E-state index contributed by atoms with van der Waals surface area (Å²) >= 11 is 13.0. The monoisotopic (exact) mass is 571 g/mol. The molecule has 0 amide bonds. The first-order chi connectivity index (χ1) is 19.4. The highest BCUT2D eigenvalue weighted by Crippen LogP contribution is 2.44. The number of halogens is 1. The number of benzene rings is 2. The quantitative estimate of drug-likeness (QED) is 0.247. The minimum atomic E-state index is -0.166. The summed E-state index contributed by atoms with van der Waals surface area (Å²) in [6.45, 7) is 6.68. The third-order valence-electron chi connectivity index (χ3n) is 7.93. The lowest BCUT2D eigenvalue weighted by atomic mass is 9.91. The number of aromatic nitrogens is 2. The number of hydrogen-bond donors (Lipinski definition) is 1. The summed E-state index contributed by atoms with van der Waals surface area (Å²) in [7, 11) is 1.69. The highest BCUT2D eigenvalue weighted by molar-refractivity contribution is 7.80. The Morgan fingerprint density at radius 3 is 2.50 bits per heavy atom. The molecule has 8 heteroatoms. The molecule has 0 spiro atoms. The summed E-state index contributed by atoms with van der Waals surface area (Å²) in [5.74, 6) is 2.09. The molecule has 6 rings (SSSR count). The molecular formula is C32H34ClN5OS. The summed E-state index contributed by atoms with van der Waals surface area (Å²) in [6.07, 6.45) is 5.16. The molecule has 4 atom stereocenters. The van der Waals surface area contributed by atoms with Crippen LogP contribution in [0.5, 0.6) is 5.75 Å². The summed E-state index contributed by atoms with van der Waals surface area (Å²) in [4.78, 5) is 9.31. The van der Waals surface area contributed by atoms with Crippen molar-refractivity contribution < 1.29 is 4.74 Å². The second-order valence-electron chi connectivity index (χ2n) is 11.0. The van der Waals surface area contributed by atoms with Crippen LogP contribution >= 0.6 is 23.8 Å². The van der Waals surface area contributed by atoms with E-state index in [2.05, 4.69) is 76.1 Å². The fourth-order valence-corrected chi connectivity index (χ4v) is 6.97. The molecule has 2 aromatic heterocycles. The average molecular weight is 572 g/mol. The molecule has 0 radical (unpaired) electrons. The lowest BCUT2D eigenvalue weighted by molar-refractivity contribution is 0.357. The number of piperidine rings is 1. The van der Waals surface area contributed by atoms with Crippen LogP contribution in [0.2, 0.25) is 5.02 Å². The molecule has 2 aliphatic heterocycles. The Morgan fingerprint density at radius 1 is 0.950 bits per heavy atom. The number of anilines is 2. The minimum Gasteiger partial charge on any atom is -0.497 e. The topological polar surface area (TPSA) is 45.6 Å². The summed E-state index contributed by atoms with van der Waals surface area (Å²) in [5.41, 5.74) is 5.05. The van der Waals surface area contributed by atoms with Gasteiger partial charge < -0.3 is 24.4 Å². The van der Waals surface area contributed by atoms with Gasteiger partial charge in [0.15, 0.2) is 5.11 Å². The Labute approximate surface area is 246 Å². The van der Waals surface area contributed by atoms with Crippen LogP contribution in [0.15, 0.2) is 85.2 Å². The second kappa shape index (κ2) is 11.1. The molecule has 6 nitrogen and oxygen atoms in total. The highest BCUT2D eigenvalue weighted by Gasteiger charge is 2.42. The van der Waals surface area contributed by atoms with E-state index in [1.807, 2.05) is 42.6 Å². The SMILES string of the molecule is COc1cccc(-n2cccc2[C@@H]2[C@@H](c3ccccn3)NC(=S)N2c2ccc(N3C[C@H](C)C[C@H](C)C3)c(Cl)c2)c1. The van der Waals surface area contributed by atoms with E-state index in [-0.39, 0.29) is 12.1 Å². The fraction of sp³-hybridized carbons (Fsp3) is 0.312. The van der Waals surface area contributed by atoms with Gasteiger partial charge in [-0.1, -0.05) is 37.6 Å². The average Bonchev–Trinajstić information content (AvgIpc) is 3.57. The van der Waals surface area contributed by atoms with Crippen LogP contribution in [0, 0.1) is 11.8 Å². The Morgan fingerprint density at radius 2 is 1.77 bits per heavy atom. The molecule has 4 aromatic rings. The van der Waals surface area contributed by atoms with E-state index < -0.39 is 0 Å². The van der Waals surface area contributed by atoms with Gasteiger partial charge in [-0.25, -0.2) is 0 Å². The lowest BCUT2D eigenvalue weighted by Crippen LogP contribution is -2.38. The number of pyridine rings is 1. The van der Waals surface area contributed by atoms with E-state index in [1.54, 1.807) is 7.11 Å². The van der Waals surface area contributed by atoms with Crippen molar-refractivity contribution >= 4 is 40.3 Å². The van der Waals surface area contributed by atoms with Gasteiger partial charge in [0.1, 0.15) is 11.8 Å². The van der Waals surface area contributed by atoms with Crippen LogP contribution in [-0.4, -0.2) is 34.9 Å². The first-order valence-electron chi connectivity index (χ1n) is 13.8. The van der Waals surface area contributed by atoms with Crippen LogP contribution in [-0.2, 0) is 0 Å². The molecule has 206 valence electrons. The van der Waals surface area contributed by atoms with Crippen molar-refractivity contribution in [1.29, 1.82) is 0 Å². The molecule has 2 saturated heterocycles. The number of thiocarbonyl (C=S) groups is 1. The van der Waals surface area contributed by atoms with E-state index in [0.29, 0.717) is 16.9 Å². The van der Waals surface area contributed by atoms with Crippen molar-refractivity contribution in [2.45, 2.75) is 32.4 Å². The van der Waals surface area contributed by atoms with Crippen LogP contribution in [0.3, 0.4) is 0 Å². The predicted octanol–water partition coefficient (Wildman–Crippen LogP) is 7.19. The van der Waals surface area contributed by atoms with Gasteiger partial charge in [0.25, 0.3) is 0 Å². The van der Waals surface area contributed by atoms with Crippen molar-refractivity contribution in [3.8, 4) is 11.4 Å². The van der Waals surface area contributed by atoms with Gasteiger partial charge in [0.05, 0.1) is 29.6 Å². The maximum Gasteiger partial charge on any atom is 0.174 e. The summed E-state index contributed by atoms with van der Waals surface area (Å²) < 4.78 is 7.71. The number of methoxy groups -OCH3 is 1. The molecule has 4 heterocycles. The van der Waals surface area contributed by atoms with E-state index >= 15 is 0 Å². The minimum absolute atomic E-state index is 0.157. The number of nitrogens with zero attached hydrogens (tertiary/aromatic N) is 4. The van der Waals surface area contributed by atoms with Crippen molar-refractivity contribution in [2.24, 2.45) is 11.8 Å². The molecule has 0 bridgehead atoms. The Balaban J connectivity index is 1.43. The molecule has 2 aliphatic rings. The zero-order valence-corrected chi connectivity index (χ0v) is 24.6. The number of ether oxygens (including phenoxy) is 1. The maximum absolute atomic E-state index is 7.01. The van der Waals surface area contributed by atoms with Gasteiger partial charge in [-0.05, 0) is 85.1 Å². The molecule has 1 N–H and O–H groups in total. The highest BCUT2D eigenvalue weighted by atomic mass is 35.5. The number of hydrogen-bond acceptors (Lipinski definition) is 4. The number of rotatable bonds is 6. The molecule has 0 aliphatic carbocycles. The van der Waals surface area contributed by atoms with Crippen molar-refractivity contribution in [3.63, 3.8) is 0 Å². The number of nitrogens with one attached hydrogen (secondary N) is 1. The predicted molar refractivity (Wildman–Crippen MR) is 167 cm³/mol. The van der Waals surface area contributed by atoms with E-state index in [4.69, 9.17) is 33.5 Å².